The number of pyridine rings is 1. The molecule has 3 aliphatic rings. The SMILES string of the molecule is O=C1CCC(N2Cc3cc(CNc4nccc5c4CNCC5)ccc3C2=O)C(=O)N1. The van der Waals surface area contributed by atoms with Crippen LogP contribution in [0.2, 0.25) is 0 Å². The Kier molecular flexibility index (Phi) is 4.71. The third kappa shape index (κ3) is 3.33. The van der Waals surface area contributed by atoms with Crippen LogP contribution in [0.4, 0.5) is 5.82 Å². The molecule has 30 heavy (non-hydrogen) atoms. The minimum Gasteiger partial charge on any atom is -0.366 e. The zero-order valence-electron chi connectivity index (χ0n) is 16.5. The van der Waals surface area contributed by atoms with E-state index in [1.807, 2.05) is 24.4 Å². The van der Waals surface area contributed by atoms with Crippen molar-refractivity contribution < 1.29 is 14.4 Å². The largest absolute Gasteiger partial charge is 0.366 e. The fourth-order valence-corrected chi connectivity index (χ4v) is 4.48. The van der Waals surface area contributed by atoms with Crippen molar-refractivity contribution in [1.29, 1.82) is 0 Å². The summed E-state index contributed by atoms with van der Waals surface area (Å²) in [5, 5.41) is 9.15. The van der Waals surface area contributed by atoms with Crippen LogP contribution < -0.4 is 16.0 Å². The summed E-state index contributed by atoms with van der Waals surface area (Å²) >= 11 is 0. The van der Waals surface area contributed by atoms with Crippen molar-refractivity contribution in [3.8, 4) is 0 Å². The van der Waals surface area contributed by atoms with Crippen LogP contribution in [0, 0.1) is 0 Å². The molecule has 3 aliphatic heterocycles. The highest BCUT2D eigenvalue weighted by Crippen LogP contribution is 2.28. The summed E-state index contributed by atoms with van der Waals surface area (Å²) in [6, 6.07) is 7.27. The lowest BCUT2D eigenvalue weighted by Crippen LogP contribution is -2.52. The van der Waals surface area contributed by atoms with E-state index >= 15 is 0 Å². The van der Waals surface area contributed by atoms with Crippen LogP contribution in [-0.2, 0) is 35.6 Å². The number of benzene rings is 1. The zero-order chi connectivity index (χ0) is 20.7. The second kappa shape index (κ2) is 7.53. The molecule has 0 saturated carbocycles. The van der Waals surface area contributed by atoms with E-state index in [-0.39, 0.29) is 24.1 Å². The second-order valence-electron chi connectivity index (χ2n) is 7.97. The Hall–Kier alpha value is -3.26. The molecule has 1 atom stereocenters. The number of rotatable bonds is 4. The molecule has 1 unspecified atom stereocenters. The molecular formula is C22H23N5O3. The fourth-order valence-electron chi connectivity index (χ4n) is 4.48. The van der Waals surface area contributed by atoms with Gasteiger partial charge in [-0.05, 0) is 48.2 Å². The van der Waals surface area contributed by atoms with Gasteiger partial charge in [-0.1, -0.05) is 12.1 Å². The summed E-state index contributed by atoms with van der Waals surface area (Å²) in [5.74, 6) is 0.0776. The Morgan fingerprint density at radius 3 is 2.90 bits per heavy atom. The lowest BCUT2D eigenvalue weighted by atomic mass is 10.0. The molecule has 5 rings (SSSR count). The average Bonchev–Trinajstić information content (AvgIpc) is 3.08. The Bertz CT molecular complexity index is 1050. The number of aromatic nitrogens is 1. The Balaban J connectivity index is 1.30. The third-order valence-electron chi connectivity index (χ3n) is 6.07. The van der Waals surface area contributed by atoms with E-state index in [1.54, 1.807) is 4.90 Å². The number of carbonyl (C=O) groups excluding carboxylic acids is 3. The van der Waals surface area contributed by atoms with Gasteiger partial charge in [-0.2, -0.15) is 0 Å². The molecule has 0 spiro atoms. The maximum absolute atomic E-state index is 12.8. The third-order valence-corrected chi connectivity index (χ3v) is 6.07. The van der Waals surface area contributed by atoms with E-state index in [9.17, 15) is 14.4 Å². The Morgan fingerprint density at radius 1 is 1.13 bits per heavy atom. The van der Waals surface area contributed by atoms with Gasteiger partial charge in [-0.3, -0.25) is 19.7 Å². The number of fused-ring (bicyclic) bond motifs is 2. The van der Waals surface area contributed by atoms with Crippen molar-refractivity contribution in [3.63, 3.8) is 0 Å². The summed E-state index contributed by atoms with van der Waals surface area (Å²) in [7, 11) is 0. The van der Waals surface area contributed by atoms with E-state index in [2.05, 4.69) is 27.0 Å². The van der Waals surface area contributed by atoms with Gasteiger partial charge in [0.25, 0.3) is 5.91 Å². The summed E-state index contributed by atoms with van der Waals surface area (Å²) in [5.41, 5.74) is 5.13. The molecule has 154 valence electrons. The van der Waals surface area contributed by atoms with Gasteiger partial charge >= 0.3 is 0 Å². The smallest absolute Gasteiger partial charge is 0.255 e. The molecule has 8 nitrogen and oxygen atoms in total. The van der Waals surface area contributed by atoms with Gasteiger partial charge in [0, 0.05) is 43.4 Å². The summed E-state index contributed by atoms with van der Waals surface area (Å²) in [6.07, 6.45) is 3.47. The van der Waals surface area contributed by atoms with Crippen molar-refractivity contribution in [1.82, 2.24) is 20.5 Å². The predicted molar refractivity (Wildman–Crippen MR) is 109 cm³/mol. The first-order valence-electron chi connectivity index (χ1n) is 10.3. The minimum absolute atomic E-state index is 0.149. The number of hydrogen-bond donors (Lipinski definition) is 3. The highest BCUT2D eigenvalue weighted by atomic mass is 16.2. The van der Waals surface area contributed by atoms with E-state index in [0.29, 0.717) is 25.1 Å². The number of amides is 3. The summed E-state index contributed by atoms with van der Waals surface area (Å²) in [4.78, 5) is 42.5. The predicted octanol–water partition coefficient (Wildman–Crippen LogP) is 1.10. The molecule has 2 aromatic rings. The monoisotopic (exact) mass is 405 g/mol. The summed E-state index contributed by atoms with van der Waals surface area (Å²) in [6.45, 7) is 2.78. The molecule has 3 amide bonds. The Morgan fingerprint density at radius 2 is 2.03 bits per heavy atom. The molecule has 0 radical (unpaired) electrons. The first-order chi connectivity index (χ1) is 14.6. The van der Waals surface area contributed by atoms with E-state index in [0.717, 1.165) is 36.5 Å². The lowest BCUT2D eigenvalue weighted by molar-refractivity contribution is -0.136. The number of hydrogen-bond acceptors (Lipinski definition) is 6. The van der Waals surface area contributed by atoms with Crippen LogP contribution in [0.1, 0.15) is 45.5 Å². The van der Waals surface area contributed by atoms with Crippen LogP contribution in [0.25, 0.3) is 0 Å². The number of nitrogens with zero attached hydrogens (tertiary/aromatic N) is 2. The number of anilines is 1. The summed E-state index contributed by atoms with van der Waals surface area (Å²) < 4.78 is 0. The second-order valence-corrected chi connectivity index (χ2v) is 7.97. The van der Waals surface area contributed by atoms with Gasteiger partial charge in [0.15, 0.2) is 0 Å². The fraction of sp³-hybridized carbons (Fsp3) is 0.364. The van der Waals surface area contributed by atoms with E-state index in [4.69, 9.17) is 0 Å². The standard InChI is InChI=1S/C22H23N5O3/c28-19-4-3-18(21(29)26-19)27-12-15-9-13(1-2-16(15)22(27)30)10-25-20-17-11-23-7-5-14(17)6-8-24-20/h1-2,6,8-9,18,23H,3-5,7,10-12H2,(H,24,25)(H,26,28,29). The lowest BCUT2D eigenvalue weighted by Gasteiger charge is -2.29. The van der Waals surface area contributed by atoms with Crippen molar-refractivity contribution in [2.45, 2.75) is 44.9 Å². The van der Waals surface area contributed by atoms with Gasteiger partial charge in [0.1, 0.15) is 11.9 Å². The topological polar surface area (TPSA) is 103 Å². The number of piperidine rings is 1. The number of nitrogens with one attached hydrogen (secondary N) is 3. The van der Waals surface area contributed by atoms with Gasteiger partial charge in [0.05, 0.1) is 0 Å². The van der Waals surface area contributed by atoms with Crippen molar-refractivity contribution in [2.75, 3.05) is 11.9 Å². The molecule has 3 N–H and O–H groups in total. The van der Waals surface area contributed by atoms with Gasteiger partial charge < -0.3 is 15.5 Å². The van der Waals surface area contributed by atoms with Crippen LogP contribution in [-0.4, -0.2) is 40.2 Å². The quantitative estimate of drug-likeness (QED) is 0.659. The van der Waals surface area contributed by atoms with Gasteiger partial charge in [-0.25, -0.2) is 4.98 Å². The average molecular weight is 405 g/mol. The van der Waals surface area contributed by atoms with E-state index < -0.39 is 6.04 Å². The molecule has 1 aromatic carbocycles. The van der Waals surface area contributed by atoms with Gasteiger partial charge in [0.2, 0.25) is 11.8 Å². The van der Waals surface area contributed by atoms with Crippen molar-refractivity contribution in [2.24, 2.45) is 0 Å². The van der Waals surface area contributed by atoms with E-state index in [1.165, 1.54) is 11.1 Å². The maximum Gasteiger partial charge on any atom is 0.255 e. The van der Waals surface area contributed by atoms with Crippen LogP contribution >= 0.6 is 0 Å². The molecule has 1 saturated heterocycles. The van der Waals surface area contributed by atoms with Crippen molar-refractivity contribution >= 4 is 23.5 Å². The zero-order valence-corrected chi connectivity index (χ0v) is 16.5. The molecule has 4 heterocycles. The number of carbonyl (C=O) groups is 3. The molecule has 1 aromatic heterocycles. The molecular weight excluding hydrogens is 382 g/mol. The van der Waals surface area contributed by atoms with Crippen LogP contribution in [0.5, 0.6) is 0 Å². The van der Waals surface area contributed by atoms with Crippen LogP contribution in [0.3, 0.4) is 0 Å². The molecule has 0 aliphatic carbocycles. The molecule has 8 heteroatoms. The first-order valence-corrected chi connectivity index (χ1v) is 10.3. The Labute approximate surface area is 174 Å². The highest BCUT2D eigenvalue weighted by molar-refractivity contribution is 6.05. The first kappa shape index (κ1) is 18.7. The van der Waals surface area contributed by atoms with Crippen LogP contribution in [0.15, 0.2) is 30.5 Å². The maximum atomic E-state index is 12.8. The van der Waals surface area contributed by atoms with Crippen molar-refractivity contribution in [3.05, 3.63) is 58.3 Å². The minimum atomic E-state index is -0.586. The van der Waals surface area contributed by atoms with Gasteiger partial charge in [-0.15, -0.1) is 0 Å². The highest BCUT2D eigenvalue weighted by Gasteiger charge is 2.39. The number of imide groups is 1. The molecule has 0 bridgehead atoms. The molecule has 1 fully saturated rings. The normalized spacial score (nSPS) is 20.6.